The van der Waals surface area contributed by atoms with E-state index >= 15 is 0 Å². The van der Waals surface area contributed by atoms with Crippen LogP contribution in [0.5, 0.6) is 0 Å². The number of benzene rings is 2. The van der Waals surface area contributed by atoms with E-state index in [1.165, 1.54) is 0 Å². The maximum Gasteiger partial charge on any atom is 0.256 e. The Morgan fingerprint density at radius 3 is 2.28 bits per heavy atom. The number of nitrogens with one attached hydrogen (secondary N) is 1. The van der Waals surface area contributed by atoms with Crippen molar-refractivity contribution in [2.45, 2.75) is 32.7 Å². The van der Waals surface area contributed by atoms with Crippen LogP contribution in [0, 0.1) is 6.92 Å². The zero-order valence-corrected chi connectivity index (χ0v) is 23.4. The number of thiocarbonyl (C=S) groups is 1. The fourth-order valence-electron chi connectivity index (χ4n) is 4.73. The molecular formula is C27H34BrN5O2S. The van der Waals surface area contributed by atoms with Crippen LogP contribution in [0.2, 0.25) is 0 Å². The van der Waals surface area contributed by atoms with Crippen LogP contribution in [-0.4, -0.2) is 83.5 Å². The SMILES string of the molecule is CCN1CCN(CCCN2C(=S)N(c3ccc(C)cc3)C(=O)C2CC(=O)Nc2ccc(Br)cc2)CC1. The Bertz CT molecular complexity index is 1070. The van der Waals surface area contributed by atoms with E-state index in [4.69, 9.17) is 12.2 Å². The van der Waals surface area contributed by atoms with Crippen LogP contribution in [-0.2, 0) is 9.59 Å². The van der Waals surface area contributed by atoms with Gasteiger partial charge in [-0.3, -0.25) is 14.5 Å². The van der Waals surface area contributed by atoms with Gasteiger partial charge in [-0.05, 0) is 75.1 Å². The number of halogens is 1. The molecule has 0 radical (unpaired) electrons. The second-order valence-corrected chi connectivity index (χ2v) is 10.7. The highest BCUT2D eigenvalue weighted by Gasteiger charge is 2.43. The molecule has 0 spiro atoms. The van der Waals surface area contributed by atoms with Gasteiger partial charge < -0.3 is 20.0 Å². The van der Waals surface area contributed by atoms with Crippen LogP contribution >= 0.6 is 28.1 Å². The van der Waals surface area contributed by atoms with Crippen LogP contribution in [0.4, 0.5) is 11.4 Å². The summed E-state index contributed by atoms with van der Waals surface area (Å²) in [5.74, 6) is -0.351. The molecule has 0 aliphatic carbocycles. The lowest BCUT2D eigenvalue weighted by molar-refractivity contribution is -0.124. The van der Waals surface area contributed by atoms with Gasteiger partial charge in [-0.25, -0.2) is 0 Å². The normalized spacial score (nSPS) is 19.2. The van der Waals surface area contributed by atoms with Gasteiger partial charge in [-0.2, -0.15) is 0 Å². The van der Waals surface area contributed by atoms with Gasteiger partial charge in [0.15, 0.2) is 5.11 Å². The molecule has 0 bridgehead atoms. The third-order valence-corrected chi connectivity index (χ3v) is 7.85. The van der Waals surface area contributed by atoms with E-state index in [0.717, 1.165) is 61.4 Å². The number of anilines is 2. The maximum atomic E-state index is 13.6. The third-order valence-electron chi connectivity index (χ3n) is 6.90. The van der Waals surface area contributed by atoms with E-state index < -0.39 is 6.04 Å². The molecule has 1 unspecified atom stereocenters. The first kappa shape index (κ1) is 26.7. The summed E-state index contributed by atoms with van der Waals surface area (Å²) < 4.78 is 0.938. The van der Waals surface area contributed by atoms with Crippen LogP contribution in [0.15, 0.2) is 53.0 Å². The standard InChI is InChI=1S/C27H34BrN5O2S/c1-3-30-15-17-31(18-16-30)13-4-14-32-24(19-25(34)29-22-9-7-21(28)8-10-22)26(35)33(27(32)36)23-11-5-20(2)6-12-23/h5-12,24H,3-4,13-19H2,1-2H3,(H,29,34). The molecule has 7 nitrogen and oxygen atoms in total. The highest BCUT2D eigenvalue weighted by molar-refractivity contribution is 9.10. The average molecular weight is 573 g/mol. The minimum absolute atomic E-state index is 0.0482. The summed E-state index contributed by atoms with van der Waals surface area (Å²) in [6, 6.07) is 14.6. The molecule has 2 aromatic rings. The van der Waals surface area contributed by atoms with Gasteiger partial charge in [0.25, 0.3) is 5.91 Å². The molecule has 2 aliphatic heterocycles. The molecule has 2 amide bonds. The molecule has 0 saturated carbocycles. The highest BCUT2D eigenvalue weighted by Crippen LogP contribution is 2.28. The first-order valence-electron chi connectivity index (χ1n) is 12.6. The Balaban J connectivity index is 1.44. The molecule has 36 heavy (non-hydrogen) atoms. The number of carbonyl (C=O) groups is 2. The molecule has 1 N–H and O–H groups in total. The molecule has 2 aliphatic rings. The minimum Gasteiger partial charge on any atom is -0.336 e. The number of aryl methyl sites for hydroxylation is 1. The van der Waals surface area contributed by atoms with E-state index in [2.05, 4.69) is 38.0 Å². The van der Waals surface area contributed by atoms with E-state index in [-0.39, 0.29) is 18.2 Å². The van der Waals surface area contributed by atoms with Crippen LogP contribution in [0.1, 0.15) is 25.3 Å². The van der Waals surface area contributed by atoms with Crippen molar-refractivity contribution in [3.63, 3.8) is 0 Å². The molecule has 2 heterocycles. The highest BCUT2D eigenvalue weighted by atomic mass is 79.9. The number of likely N-dealkylation sites (N-methyl/N-ethyl adjacent to an activating group) is 1. The van der Waals surface area contributed by atoms with Crippen molar-refractivity contribution >= 4 is 56.4 Å². The zero-order chi connectivity index (χ0) is 25.7. The van der Waals surface area contributed by atoms with Gasteiger partial charge >= 0.3 is 0 Å². The van der Waals surface area contributed by atoms with E-state index in [1.807, 2.05) is 60.4 Å². The van der Waals surface area contributed by atoms with Crippen molar-refractivity contribution in [2.75, 3.05) is 56.0 Å². The number of hydrogen-bond donors (Lipinski definition) is 1. The number of nitrogens with zero attached hydrogens (tertiary/aromatic N) is 4. The average Bonchev–Trinajstić information content (AvgIpc) is 3.10. The van der Waals surface area contributed by atoms with Crippen molar-refractivity contribution in [1.29, 1.82) is 0 Å². The van der Waals surface area contributed by atoms with Gasteiger partial charge in [-0.15, -0.1) is 0 Å². The van der Waals surface area contributed by atoms with Crippen molar-refractivity contribution in [2.24, 2.45) is 0 Å². The number of hydrogen-bond acceptors (Lipinski definition) is 5. The zero-order valence-electron chi connectivity index (χ0n) is 21.0. The maximum absolute atomic E-state index is 13.6. The van der Waals surface area contributed by atoms with Gasteiger partial charge in [-0.1, -0.05) is 40.5 Å². The lowest BCUT2D eigenvalue weighted by atomic mass is 10.1. The van der Waals surface area contributed by atoms with Gasteiger partial charge in [0, 0.05) is 42.9 Å². The van der Waals surface area contributed by atoms with Gasteiger partial charge in [0.2, 0.25) is 5.91 Å². The minimum atomic E-state index is -0.619. The Kier molecular flexibility index (Phi) is 9.11. The molecule has 2 fully saturated rings. The summed E-state index contributed by atoms with van der Waals surface area (Å²) >= 11 is 9.21. The second kappa shape index (κ2) is 12.3. The Labute approximate surface area is 227 Å². The van der Waals surface area contributed by atoms with Crippen LogP contribution in [0.25, 0.3) is 0 Å². The van der Waals surface area contributed by atoms with Crippen molar-refractivity contribution in [3.8, 4) is 0 Å². The van der Waals surface area contributed by atoms with E-state index in [1.54, 1.807) is 4.90 Å². The lowest BCUT2D eigenvalue weighted by Crippen LogP contribution is -2.47. The Hall–Kier alpha value is -2.33. The van der Waals surface area contributed by atoms with Gasteiger partial charge in [0.1, 0.15) is 6.04 Å². The molecule has 2 saturated heterocycles. The van der Waals surface area contributed by atoms with Crippen LogP contribution < -0.4 is 10.2 Å². The first-order valence-corrected chi connectivity index (χ1v) is 13.8. The molecule has 4 rings (SSSR count). The topological polar surface area (TPSA) is 59.1 Å². The predicted octanol–water partition coefficient (Wildman–Crippen LogP) is 4.12. The largest absolute Gasteiger partial charge is 0.336 e. The second-order valence-electron chi connectivity index (χ2n) is 9.39. The number of amides is 2. The van der Waals surface area contributed by atoms with Gasteiger partial charge in [0.05, 0.1) is 12.1 Å². The quantitative estimate of drug-likeness (QED) is 0.457. The monoisotopic (exact) mass is 571 g/mol. The summed E-state index contributed by atoms with van der Waals surface area (Å²) in [5.41, 5.74) is 2.55. The molecule has 1 atom stereocenters. The van der Waals surface area contributed by atoms with Crippen molar-refractivity contribution < 1.29 is 9.59 Å². The Morgan fingerprint density at radius 1 is 1.00 bits per heavy atom. The first-order chi connectivity index (χ1) is 17.4. The van der Waals surface area contributed by atoms with E-state index in [0.29, 0.717) is 17.3 Å². The molecule has 192 valence electrons. The summed E-state index contributed by atoms with van der Waals surface area (Å²) in [4.78, 5) is 35.0. The number of piperazine rings is 1. The van der Waals surface area contributed by atoms with E-state index in [9.17, 15) is 9.59 Å². The number of carbonyl (C=O) groups excluding carboxylic acids is 2. The third kappa shape index (κ3) is 6.51. The molecular weight excluding hydrogens is 538 g/mol. The lowest BCUT2D eigenvalue weighted by Gasteiger charge is -2.34. The molecule has 9 heteroatoms. The van der Waals surface area contributed by atoms with Crippen LogP contribution in [0.3, 0.4) is 0 Å². The van der Waals surface area contributed by atoms with Crippen molar-refractivity contribution in [1.82, 2.24) is 14.7 Å². The fourth-order valence-corrected chi connectivity index (χ4v) is 5.41. The molecule has 2 aromatic carbocycles. The summed E-state index contributed by atoms with van der Waals surface area (Å²) in [6.45, 7) is 11.2. The summed E-state index contributed by atoms with van der Waals surface area (Å²) in [5, 5.41) is 3.39. The number of rotatable bonds is 9. The smallest absolute Gasteiger partial charge is 0.256 e. The fraction of sp³-hybridized carbons (Fsp3) is 0.444. The summed E-state index contributed by atoms with van der Waals surface area (Å²) in [6.07, 6.45) is 0.929. The summed E-state index contributed by atoms with van der Waals surface area (Å²) in [7, 11) is 0. The predicted molar refractivity (Wildman–Crippen MR) is 152 cm³/mol. The van der Waals surface area contributed by atoms with Crippen molar-refractivity contribution in [3.05, 3.63) is 58.6 Å². The molecule has 0 aromatic heterocycles. The Morgan fingerprint density at radius 2 is 1.64 bits per heavy atom.